The molecule has 2 nitrogen and oxygen atoms in total. The molecule has 214 valence electrons. The molecule has 0 amide bonds. The summed E-state index contributed by atoms with van der Waals surface area (Å²) in [5.74, 6) is 0.976. The number of hydrogen-bond donors (Lipinski definition) is 0. The van der Waals surface area contributed by atoms with Gasteiger partial charge in [-0.05, 0) is 48.6 Å². The third kappa shape index (κ3) is 15.0. The highest BCUT2D eigenvalue weighted by Gasteiger charge is 2.07. The fourth-order valence-electron chi connectivity index (χ4n) is 5.06. The van der Waals surface area contributed by atoms with Crippen molar-refractivity contribution >= 4 is 0 Å². The first-order chi connectivity index (χ1) is 18.7. The van der Waals surface area contributed by atoms with Crippen molar-refractivity contribution in [3.63, 3.8) is 0 Å². The average Bonchev–Trinajstić information content (AvgIpc) is 2.95. The monoisotopic (exact) mass is 522 g/mol. The molecule has 2 heteroatoms. The van der Waals surface area contributed by atoms with Gasteiger partial charge in [-0.3, -0.25) is 0 Å². The van der Waals surface area contributed by atoms with E-state index in [9.17, 15) is 0 Å². The molecular weight excluding hydrogens is 464 g/mol. The molecule has 0 radical (unpaired) electrons. The van der Waals surface area contributed by atoms with Crippen LogP contribution in [0.2, 0.25) is 0 Å². The van der Waals surface area contributed by atoms with Crippen LogP contribution in [0, 0.1) is 0 Å². The second-order valence-electron chi connectivity index (χ2n) is 11.2. The maximum absolute atomic E-state index is 6.11. The molecule has 1 atom stereocenters. The molecule has 0 saturated heterocycles. The lowest BCUT2D eigenvalue weighted by Crippen LogP contribution is -2.01. The summed E-state index contributed by atoms with van der Waals surface area (Å²) in [5.41, 5.74) is 3.73. The van der Waals surface area contributed by atoms with E-state index in [-0.39, 0.29) is 6.10 Å². The van der Waals surface area contributed by atoms with Crippen LogP contribution < -0.4 is 4.74 Å². The second-order valence-corrected chi connectivity index (χ2v) is 11.2. The van der Waals surface area contributed by atoms with E-state index in [1.807, 2.05) is 0 Å². The summed E-state index contributed by atoms with van der Waals surface area (Å²) >= 11 is 0. The summed E-state index contributed by atoms with van der Waals surface area (Å²) < 4.78 is 12.1. The van der Waals surface area contributed by atoms with E-state index in [0.717, 1.165) is 25.4 Å². The van der Waals surface area contributed by atoms with Gasteiger partial charge in [0.2, 0.25) is 0 Å². The lowest BCUT2D eigenvalue weighted by molar-refractivity contribution is 0.0627. The van der Waals surface area contributed by atoms with E-state index in [2.05, 4.69) is 69.3 Å². The number of rotatable bonds is 24. The largest absolute Gasteiger partial charge is 0.494 e. The third-order valence-corrected chi connectivity index (χ3v) is 7.70. The Balaban J connectivity index is 1.57. The highest BCUT2D eigenvalue weighted by Crippen LogP contribution is 2.26. The predicted octanol–water partition coefficient (Wildman–Crippen LogP) is 11.9. The van der Waals surface area contributed by atoms with E-state index in [1.165, 1.54) is 126 Å². The summed E-state index contributed by atoms with van der Waals surface area (Å²) in [7, 11) is 0. The van der Waals surface area contributed by atoms with E-state index in [1.54, 1.807) is 0 Å². The number of benzene rings is 2. The molecule has 0 saturated carbocycles. The van der Waals surface area contributed by atoms with Crippen LogP contribution >= 0.6 is 0 Å². The Hall–Kier alpha value is -1.80. The zero-order valence-corrected chi connectivity index (χ0v) is 25.2. The Morgan fingerprint density at radius 2 is 0.868 bits per heavy atom. The lowest BCUT2D eigenvalue weighted by atomic mass is 10.0. The third-order valence-electron chi connectivity index (χ3n) is 7.70. The SMILES string of the molecule is CCCCCCCCCCCCOc1ccc(-c2ccc(C(C)OCCCCCCCCCC)cc2)cc1. The van der Waals surface area contributed by atoms with Crippen LogP contribution in [0.1, 0.15) is 148 Å². The number of ether oxygens (including phenoxy) is 2. The Labute approximate surface area is 235 Å². The van der Waals surface area contributed by atoms with Crippen LogP contribution in [-0.2, 0) is 4.74 Å². The number of hydrogen-bond acceptors (Lipinski definition) is 2. The van der Waals surface area contributed by atoms with Gasteiger partial charge in [0.05, 0.1) is 12.7 Å². The fraction of sp³-hybridized carbons (Fsp3) is 0.667. The van der Waals surface area contributed by atoms with Gasteiger partial charge in [-0.15, -0.1) is 0 Å². The first kappa shape index (κ1) is 32.4. The first-order valence-electron chi connectivity index (χ1n) is 16.2. The molecule has 0 fully saturated rings. The topological polar surface area (TPSA) is 18.5 Å². The molecule has 0 spiro atoms. The van der Waals surface area contributed by atoms with Gasteiger partial charge in [0.15, 0.2) is 0 Å². The van der Waals surface area contributed by atoms with E-state index >= 15 is 0 Å². The molecule has 2 aromatic carbocycles. The maximum Gasteiger partial charge on any atom is 0.119 e. The van der Waals surface area contributed by atoms with Crippen molar-refractivity contribution in [1.29, 1.82) is 0 Å². The summed E-state index contributed by atoms with van der Waals surface area (Å²) in [5, 5.41) is 0. The Kier molecular flexibility index (Phi) is 18.8. The van der Waals surface area contributed by atoms with Crippen molar-refractivity contribution in [3.8, 4) is 16.9 Å². The molecule has 0 heterocycles. The molecule has 38 heavy (non-hydrogen) atoms. The van der Waals surface area contributed by atoms with E-state index in [4.69, 9.17) is 9.47 Å². The van der Waals surface area contributed by atoms with Gasteiger partial charge >= 0.3 is 0 Å². The molecule has 0 aliphatic rings. The summed E-state index contributed by atoms with van der Waals surface area (Å²) in [6.45, 7) is 8.41. The van der Waals surface area contributed by atoms with Crippen LogP contribution in [0.4, 0.5) is 0 Å². The minimum absolute atomic E-state index is 0.148. The number of unbranched alkanes of at least 4 members (excludes halogenated alkanes) is 16. The molecule has 0 bridgehead atoms. The first-order valence-corrected chi connectivity index (χ1v) is 16.2. The highest BCUT2D eigenvalue weighted by atomic mass is 16.5. The van der Waals surface area contributed by atoms with Gasteiger partial charge in [-0.2, -0.15) is 0 Å². The minimum atomic E-state index is 0.148. The van der Waals surface area contributed by atoms with E-state index in [0.29, 0.717) is 0 Å². The van der Waals surface area contributed by atoms with Crippen LogP contribution in [0.15, 0.2) is 48.5 Å². The van der Waals surface area contributed by atoms with Crippen LogP contribution in [0.25, 0.3) is 11.1 Å². The van der Waals surface area contributed by atoms with Crippen molar-refractivity contribution in [2.45, 2.75) is 142 Å². The molecular formula is C36H58O2. The molecule has 0 N–H and O–H groups in total. The van der Waals surface area contributed by atoms with Crippen molar-refractivity contribution in [3.05, 3.63) is 54.1 Å². The lowest BCUT2D eigenvalue weighted by Gasteiger charge is -2.14. The second kappa shape index (κ2) is 22.1. The molecule has 2 aromatic rings. The molecule has 2 rings (SSSR count). The van der Waals surface area contributed by atoms with Gasteiger partial charge in [0, 0.05) is 6.61 Å². The van der Waals surface area contributed by atoms with Crippen LogP contribution in [0.3, 0.4) is 0 Å². The fourth-order valence-corrected chi connectivity index (χ4v) is 5.06. The quantitative estimate of drug-likeness (QED) is 0.128. The van der Waals surface area contributed by atoms with Gasteiger partial charge in [-0.25, -0.2) is 0 Å². The zero-order chi connectivity index (χ0) is 27.1. The van der Waals surface area contributed by atoms with Crippen molar-refractivity contribution in [2.24, 2.45) is 0 Å². The Bertz CT molecular complexity index is 780. The van der Waals surface area contributed by atoms with Gasteiger partial charge in [0.1, 0.15) is 5.75 Å². The van der Waals surface area contributed by atoms with Crippen LogP contribution in [-0.4, -0.2) is 13.2 Å². The standard InChI is InChI=1S/C36H58O2/c1-4-6-8-10-12-14-15-17-19-21-31-38-36-28-26-35(27-29-36)34-24-22-33(23-25-34)32(3)37-30-20-18-16-13-11-9-7-5-2/h22-29,32H,4-21,30-31H2,1-3H3. The smallest absolute Gasteiger partial charge is 0.119 e. The summed E-state index contributed by atoms with van der Waals surface area (Å²) in [4.78, 5) is 0. The molecule has 0 aliphatic heterocycles. The average molecular weight is 523 g/mol. The molecule has 1 unspecified atom stereocenters. The van der Waals surface area contributed by atoms with Crippen molar-refractivity contribution < 1.29 is 9.47 Å². The Morgan fingerprint density at radius 3 is 1.34 bits per heavy atom. The van der Waals surface area contributed by atoms with Gasteiger partial charge in [-0.1, -0.05) is 153 Å². The van der Waals surface area contributed by atoms with Crippen LogP contribution in [0.5, 0.6) is 5.75 Å². The van der Waals surface area contributed by atoms with Gasteiger partial charge in [0.25, 0.3) is 0 Å². The molecule has 0 aromatic heterocycles. The van der Waals surface area contributed by atoms with E-state index < -0.39 is 0 Å². The van der Waals surface area contributed by atoms with Crippen molar-refractivity contribution in [1.82, 2.24) is 0 Å². The molecule has 0 aliphatic carbocycles. The zero-order valence-electron chi connectivity index (χ0n) is 25.2. The highest BCUT2D eigenvalue weighted by molar-refractivity contribution is 5.64. The normalized spacial score (nSPS) is 12.1. The Morgan fingerprint density at radius 1 is 0.474 bits per heavy atom. The van der Waals surface area contributed by atoms with Gasteiger partial charge < -0.3 is 9.47 Å². The van der Waals surface area contributed by atoms with Crippen molar-refractivity contribution in [2.75, 3.05) is 13.2 Å². The summed E-state index contributed by atoms with van der Waals surface area (Å²) in [6, 6.07) is 17.4. The maximum atomic E-state index is 6.11. The predicted molar refractivity (Wildman–Crippen MR) is 166 cm³/mol. The minimum Gasteiger partial charge on any atom is -0.494 e. The summed E-state index contributed by atoms with van der Waals surface area (Å²) in [6.07, 6.45) is 24.4.